The van der Waals surface area contributed by atoms with Gasteiger partial charge in [-0.05, 0) is 50.0 Å². The molecule has 17 heavy (non-hydrogen) atoms. The van der Waals surface area contributed by atoms with Crippen molar-refractivity contribution in [1.82, 2.24) is 0 Å². The van der Waals surface area contributed by atoms with Gasteiger partial charge in [0.25, 0.3) is 0 Å². The van der Waals surface area contributed by atoms with Crippen molar-refractivity contribution in [2.75, 3.05) is 24.2 Å². The normalized spacial score (nSPS) is 12.5. The molecule has 0 N–H and O–H groups in total. The maximum absolute atomic E-state index is 4.29. The Morgan fingerprint density at radius 2 is 1.94 bits per heavy atom. The quantitative estimate of drug-likeness (QED) is 0.745. The summed E-state index contributed by atoms with van der Waals surface area (Å²) in [5.41, 5.74) is 4.06. The van der Waals surface area contributed by atoms with Crippen LogP contribution in [0.4, 0.5) is 5.69 Å². The number of hydrogen-bond donors (Lipinski definition) is 1. The predicted molar refractivity (Wildman–Crippen MR) is 81.4 cm³/mol. The van der Waals surface area contributed by atoms with Crippen LogP contribution in [0.15, 0.2) is 18.2 Å². The number of hydrogen-bond acceptors (Lipinski definition) is 2. The number of nitrogens with zero attached hydrogens (tertiary/aromatic N) is 1. The second kappa shape index (κ2) is 6.95. The summed E-state index contributed by atoms with van der Waals surface area (Å²) in [6.07, 6.45) is 2.45. The summed E-state index contributed by atoms with van der Waals surface area (Å²) < 4.78 is 0. The highest BCUT2D eigenvalue weighted by Gasteiger charge is 2.07. The first-order chi connectivity index (χ1) is 8.04. The standard InChI is InChI=1S/C15H25NS/c1-12(8-10-17)7-9-16(4)15-6-5-13(2)11-14(15)3/h5-6,11-12,17H,7-10H2,1-4H3. The topological polar surface area (TPSA) is 3.24 Å². The third-order valence-electron chi connectivity index (χ3n) is 3.34. The van der Waals surface area contributed by atoms with Crippen molar-refractivity contribution in [3.8, 4) is 0 Å². The Morgan fingerprint density at radius 1 is 1.24 bits per heavy atom. The van der Waals surface area contributed by atoms with E-state index in [0.29, 0.717) is 0 Å². The largest absolute Gasteiger partial charge is 0.374 e. The molecule has 0 saturated heterocycles. The summed E-state index contributed by atoms with van der Waals surface area (Å²) in [5.74, 6) is 1.76. The van der Waals surface area contributed by atoms with Crippen LogP contribution in [0, 0.1) is 19.8 Å². The Bertz CT molecular complexity index is 349. The fraction of sp³-hybridized carbons (Fsp3) is 0.600. The van der Waals surface area contributed by atoms with Crippen LogP contribution in [0.3, 0.4) is 0 Å². The highest BCUT2D eigenvalue weighted by atomic mass is 32.1. The highest BCUT2D eigenvalue weighted by molar-refractivity contribution is 7.80. The molecule has 2 heteroatoms. The van der Waals surface area contributed by atoms with E-state index in [2.05, 4.69) is 63.5 Å². The molecule has 1 unspecified atom stereocenters. The predicted octanol–water partition coefficient (Wildman–Crippen LogP) is 4.09. The number of thiol groups is 1. The fourth-order valence-corrected chi connectivity index (χ4v) is 2.57. The zero-order valence-electron chi connectivity index (χ0n) is 11.5. The van der Waals surface area contributed by atoms with Gasteiger partial charge in [0, 0.05) is 19.3 Å². The smallest absolute Gasteiger partial charge is 0.0393 e. The monoisotopic (exact) mass is 251 g/mol. The van der Waals surface area contributed by atoms with Gasteiger partial charge in [-0.2, -0.15) is 12.6 Å². The Labute approximate surface area is 112 Å². The first-order valence-corrected chi connectivity index (χ1v) is 7.07. The van der Waals surface area contributed by atoms with Gasteiger partial charge < -0.3 is 4.90 Å². The summed E-state index contributed by atoms with van der Waals surface area (Å²) in [6, 6.07) is 6.67. The van der Waals surface area contributed by atoms with Crippen LogP contribution in [-0.2, 0) is 0 Å². The second-order valence-corrected chi connectivity index (χ2v) is 5.56. The molecule has 1 nitrogen and oxygen atoms in total. The van der Waals surface area contributed by atoms with Gasteiger partial charge in [0.2, 0.25) is 0 Å². The second-order valence-electron chi connectivity index (χ2n) is 5.12. The lowest BCUT2D eigenvalue weighted by Crippen LogP contribution is -2.21. The van der Waals surface area contributed by atoms with Crippen LogP contribution in [0.2, 0.25) is 0 Å². The van der Waals surface area contributed by atoms with Crippen molar-refractivity contribution in [3.63, 3.8) is 0 Å². The van der Waals surface area contributed by atoms with E-state index in [1.807, 2.05) is 0 Å². The van der Waals surface area contributed by atoms with E-state index in [1.54, 1.807) is 0 Å². The van der Waals surface area contributed by atoms with Crippen LogP contribution >= 0.6 is 12.6 Å². The molecular weight excluding hydrogens is 226 g/mol. The van der Waals surface area contributed by atoms with Crippen molar-refractivity contribution < 1.29 is 0 Å². The van der Waals surface area contributed by atoms with Crippen molar-refractivity contribution in [2.45, 2.75) is 33.6 Å². The molecule has 0 radical (unpaired) electrons. The summed E-state index contributed by atoms with van der Waals surface area (Å²) >= 11 is 4.29. The van der Waals surface area contributed by atoms with Gasteiger partial charge in [-0.3, -0.25) is 0 Å². The molecule has 1 aromatic rings. The van der Waals surface area contributed by atoms with Gasteiger partial charge in [0.1, 0.15) is 0 Å². The summed E-state index contributed by atoms with van der Waals surface area (Å²) in [7, 11) is 2.19. The highest BCUT2D eigenvalue weighted by Crippen LogP contribution is 2.21. The third kappa shape index (κ3) is 4.63. The lowest BCUT2D eigenvalue weighted by Gasteiger charge is -2.23. The van der Waals surface area contributed by atoms with Crippen molar-refractivity contribution in [1.29, 1.82) is 0 Å². The van der Waals surface area contributed by atoms with Gasteiger partial charge in [0.05, 0.1) is 0 Å². The third-order valence-corrected chi connectivity index (χ3v) is 3.60. The van der Waals surface area contributed by atoms with Crippen LogP contribution in [-0.4, -0.2) is 19.3 Å². The van der Waals surface area contributed by atoms with E-state index in [9.17, 15) is 0 Å². The van der Waals surface area contributed by atoms with E-state index < -0.39 is 0 Å². The molecular formula is C15H25NS. The molecule has 0 aliphatic rings. The molecule has 0 aliphatic heterocycles. The minimum atomic E-state index is 0.765. The Morgan fingerprint density at radius 3 is 2.53 bits per heavy atom. The Hall–Kier alpha value is -0.630. The van der Waals surface area contributed by atoms with Crippen LogP contribution in [0.5, 0.6) is 0 Å². The maximum atomic E-state index is 4.29. The van der Waals surface area contributed by atoms with Crippen LogP contribution in [0.1, 0.15) is 30.9 Å². The number of rotatable bonds is 6. The number of aryl methyl sites for hydroxylation is 2. The molecule has 0 bridgehead atoms. The van der Waals surface area contributed by atoms with Gasteiger partial charge >= 0.3 is 0 Å². The molecule has 0 saturated carbocycles. The molecule has 0 aliphatic carbocycles. The molecule has 1 rings (SSSR count). The molecule has 0 spiro atoms. The molecule has 1 aromatic carbocycles. The number of anilines is 1. The van der Waals surface area contributed by atoms with E-state index >= 15 is 0 Å². The number of benzene rings is 1. The minimum absolute atomic E-state index is 0.765. The van der Waals surface area contributed by atoms with Gasteiger partial charge in [-0.15, -0.1) is 0 Å². The molecule has 96 valence electrons. The lowest BCUT2D eigenvalue weighted by atomic mass is 10.0. The van der Waals surface area contributed by atoms with E-state index in [1.165, 1.54) is 29.7 Å². The van der Waals surface area contributed by atoms with E-state index in [0.717, 1.165) is 18.2 Å². The van der Waals surface area contributed by atoms with Gasteiger partial charge in [0.15, 0.2) is 0 Å². The molecule has 0 fully saturated rings. The van der Waals surface area contributed by atoms with Crippen LogP contribution < -0.4 is 4.90 Å². The Kier molecular flexibility index (Phi) is 5.90. The molecule has 1 atom stereocenters. The summed E-state index contributed by atoms with van der Waals surface area (Å²) in [5, 5.41) is 0. The fourth-order valence-electron chi connectivity index (χ4n) is 2.13. The maximum Gasteiger partial charge on any atom is 0.0393 e. The van der Waals surface area contributed by atoms with Gasteiger partial charge in [-0.25, -0.2) is 0 Å². The molecule has 0 amide bonds. The van der Waals surface area contributed by atoms with Crippen molar-refractivity contribution in [2.24, 2.45) is 5.92 Å². The van der Waals surface area contributed by atoms with Crippen LogP contribution in [0.25, 0.3) is 0 Å². The Balaban J connectivity index is 2.54. The van der Waals surface area contributed by atoms with E-state index in [-0.39, 0.29) is 0 Å². The van der Waals surface area contributed by atoms with E-state index in [4.69, 9.17) is 0 Å². The summed E-state index contributed by atoms with van der Waals surface area (Å²) in [6.45, 7) is 7.77. The first kappa shape index (κ1) is 14.4. The molecule has 0 heterocycles. The summed E-state index contributed by atoms with van der Waals surface area (Å²) in [4.78, 5) is 2.36. The zero-order chi connectivity index (χ0) is 12.8. The van der Waals surface area contributed by atoms with Gasteiger partial charge in [-0.1, -0.05) is 24.6 Å². The minimum Gasteiger partial charge on any atom is -0.374 e. The van der Waals surface area contributed by atoms with Crippen molar-refractivity contribution >= 4 is 18.3 Å². The molecule has 0 aromatic heterocycles. The first-order valence-electron chi connectivity index (χ1n) is 6.44. The average Bonchev–Trinajstić information content (AvgIpc) is 2.26. The SMILES string of the molecule is Cc1ccc(N(C)CCC(C)CCS)c(C)c1. The van der Waals surface area contributed by atoms with Crippen molar-refractivity contribution in [3.05, 3.63) is 29.3 Å². The zero-order valence-corrected chi connectivity index (χ0v) is 12.4. The lowest BCUT2D eigenvalue weighted by molar-refractivity contribution is 0.522. The average molecular weight is 251 g/mol.